The Labute approximate surface area is 489 Å². The Morgan fingerprint density at radius 3 is 1.66 bits per heavy atom. The Morgan fingerprint density at radius 2 is 1.08 bits per heavy atom. The molecule has 2 saturated carbocycles. The molecule has 0 bridgehead atoms. The maximum absolute atomic E-state index is 14.7. The summed E-state index contributed by atoms with van der Waals surface area (Å²) in [5, 5.41) is 4.28. The van der Waals surface area contributed by atoms with Crippen molar-refractivity contribution >= 4 is 23.9 Å². The van der Waals surface area contributed by atoms with Gasteiger partial charge < -0.3 is 56.8 Å². The first-order chi connectivity index (χ1) is 40.6. The van der Waals surface area contributed by atoms with Gasteiger partial charge in [-0.3, -0.25) is 0 Å². The summed E-state index contributed by atoms with van der Waals surface area (Å²) in [4.78, 5) is 60.9. The summed E-state index contributed by atoms with van der Waals surface area (Å²) >= 11 is 0. The van der Waals surface area contributed by atoms with Gasteiger partial charge in [-0.05, 0) is 99.7 Å². The van der Waals surface area contributed by atoms with Crippen LogP contribution in [0.1, 0.15) is 175 Å². The summed E-state index contributed by atoms with van der Waals surface area (Å²) in [7, 11) is 0. The van der Waals surface area contributed by atoms with E-state index in [0.29, 0.717) is 45.5 Å². The lowest BCUT2D eigenvalue weighted by Gasteiger charge is -2.49. The van der Waals surface area contributed by atoms with Gasteiger partial charge in [0.2, 0.25) is 0 Å². The quantitative estimate of drug-likeness (QED) is 0.0141. The number of azide groups is 1. The van der Waals surface area contributed by atoms with E-state index in [9.17, 15) is 24.7 Å². The highest BCUT2D eigenvalue weighted by molar-refractivity contribution is 5.90. The molecule has 4 aliphatic rings. The van der Waals surface area contributed by atoms with Crippen LogP contribution in [0.25, 0.3) is 10.4 Å². The summed E-state index contributed by atoms with van der Waals surface area (Å²) in [6.45, 7) is 11.1. The van der Waals surface area contributed by atoms with Gasteiger partial charge in [0.1, 0.15) is 37.1 Å². The molecule has 3 aromatic rings. The third-order valence-electron chi connectivity index (χ3n) is 15.8. The van der Waals surface area contributed by atoms with Crippen LogP contribution in [-0.4, -0.2) is 143 Å². The first kappa shape index (κ1) is 65.1. The van der Waals surface area contributed by atoms with Crippen molar-refractivity contribution in [1.82, 2.24) is 0 Å². The molecule has 3 aromatic carbocycles. The van der Waals surface area contributed by atoms with Gasteiger partial charge >= 0.3 is 23.9 Å². The molecule has 7 rings (SSSR count). The molecule has 0 amide bonds. The SMILES string of the molecule is CCCCOC(=O)[C@H](CC1CCCCC1)O[C@@H]1C(OC(=O)c2ccccc2)C(O[C@@H]2CCCC(N=[N+]=[N-])[C@H]2O[C@@H]2OC(C)[C@@H](OCCCC)C(OCCCC)[C@@H]2OCCCC)O[C@@H](COC(=O)c2ccccc2)C1OC(=O)c1ccccc1. The number of benzene rings is 3. The fraction of sp³-hybridized carbons (Fsp3) is 0.656. The maximum atomic E-state index is 14.7. The highest BCUT2D eigenvalue weighted by atomic mass is 16.8. The van der Waals surface area contributed by atoms with E-state index >= 15 is 0 Å². The molecule has 2 aliphatic heterocycles. The van der Waals surface area contributed by atoms with Crippen molar-refractivity contribution < 1.29 is 76.0 Å². The van der Waals surface area contributed by atoms with Crippen LogP contribution >= 0.6 is 0 Å². The van der Waals surface area contributed by atoms with Crippen molar-refractivity contribution in [2.24, 2.45) is 11.0 Å². The molecule has 0 aromatic heterocycles. The van der Waals surface area contributed by atoms with Gasteiger partial charge in [0.15, 0.2) is 30.9 Å². The average molecular weight is 1160 g/mol. The Balaban J connectivity index is 1.34. The van der Waals surface area contributed by atoms with Crippen LogP contribution in [0.4, 0.5) is 0 Å². The van der Waals surface area contributed by atoms with E-state index in [1.165, 1.54) is 0 Å². The zero-order valence-electron chi connectivity index (χ0n) is 49.3. The molecule has 19 heteroatoms. The van der Waals surface area contributed by atoms with Gasteiger partial charge in [-0.25, -0.2) is 19.2 Å². The number of hydrogen-bond donors (Lipinski definition) is 0. The number of hydrogen-bond acceptors (Lipinski definition) is 17. The van der Waals surface area contributed by atoms with Crippen molar-refractivity contribution in [3.8, 4) is 0 Å². The third-order valence-corrected chi connectivity index (χ3v) is 15.8. The van der Waals surface area contributed by atoms with E-state index in [1.807, 2.05) is 13.8 Å². The number of unbranched alkanes of at least 4 members (excludes halogenated alkanes) is 4. The molecule has 0 spiro atoms. The van der Waals surface area contributed by atoms with Gasteiger partial charge in [0.25, 0.3) is 0 Å². The topological polar surface area (TPSA) is 228 Å². The Bertz CT molecular complexity index is 2430. The largest absolute Gasteiger partial charge is 0.464 e. The predicted molar refractivity (Wildman–Crippen MR) is 307 cm³/mol. The van der Waals surface area contributed by atoms with Crippen LogP contribution in [0.15, 0.2) is 96.1 Å². The number of esters is 4. The standard InChI is InChI=1S/C64H89N3O16/c1-6-10-37-72-52-43(5)77-63(57(74-39-12-8-3)55(52)73-38-11-7-2)83-53-48(66-67-65)35-26-36-49(53)79-64-58(82-61(70)47-33-24-17-25-34-47)56(78-50(62(71)75-40-13-9-4)41-44-27-18-14-19-28-44)54(81-60(69)46-31-22-16-23-32-46)51(80-64)42-76-59(68)45-29-20-15-21-30-45/h15-17,20-25,29-34,43-44,48-58,63-64H,6-14,18-19,26-28,35-42H2,1-5H3/t43?,48?,49-,50+,51+,52-,53-,54?,55?,56+,57+,58?,63+,64?/m1/s1. The molecule has 456 valence electrons. The van der Waals surface area contributed by atoms with Crippen LogP contribution in [-0.2, 0) is 61.6 Å². The molecule has 14 atom stereocenters. The second-order valence-corrected chi connectivity index (χ2v) is 22.1. The minimum atomic E-state index is -1.61. The number of ether oxygens (including phenoxy) is 12. The number of carbonyl (C=O) groups excluding carboxylic acids is 4. The van der Waals surface area contributed by atoms with E-state index in [2.05, 4.69) is 30.8 Å². The van der Waals surface area contributed by atoms with Gasteiger partial charge in [0.05, 0.1) is 47.7 Å². The molecule has 2 saturated heterocycles. The van der Waals surface area contributed by atoms with Crippen LogP contribution in [0.5, 0.6) is 0 Å². The van der Waals surface area contributed by atoms with Crippen molar-refractivity contribution in [2.75, 3.05) is 33.0 Å². The maximum Gasteiger partial charge on any atom is 0.338 e. The number of nitrogens with zero attached hydrogens (tertiary/aromatic N) is 3. The van der Waals surface area contributed by atoms with Crippen LogP contribution in [0, 0.1) is 5.92 Å². The third kappa shape index (κ3) is 19.3. The monoisotopic (exact) mass is 1160 g/mol. The second-order valence-electron chi connectivity index (χ2n) is 22.1. The Kier molecular flexibility index (Phi) is 27.5. The van der Waals surface area contributed by atoms with Gasteiger partial charge in [-0.2, -0.15) is 0 Å². The molecular formula is C64H89N3O16. The van der Waals surface area contributed by atoms with E-state index in [-0.39, 0.29) is 35.6 Å². The van der Waals surface area contributed by atoms with Crippen molar-refractivity contribution in [3.05, 3.63) is 118 Å². The highest BCUT2D eigenvalue weighted by Crippen LogP contribution is 2.39. The minimum absolute atomic E-state index is 0.0738. The lowest BCUT2D eigenvalue weighted by Crippen LogP contribution is -2.65. The summed E-state index contributed by atoms with van der Waals surface area (Å²) in [6.07, 6.45) is -1.75. The molecule has 4 fully saturated rings. The highest BCUT2D eigenvalue weighted by Gasteiger charge is 2.56. The van der Waals surface area contributed by atoms with Crippen molar-refractivity contribution in [3.63, 3.8) is 0 Å². The zero-order valence-corrected chi connectivity index (χ0v) is 49.3. The van der Waals surface area contributed by atoms with Gasteiger partial charge in [-0.1, -0.05) is 152 Å². The molecule has 0 N–H and O–H groups in total. The smallest absolute Gasteiger partial charge is 0.338 e. The number of rotatable bonds is 32. The minimum Gasteiger partial charge on any atom is -0.464 e. The normalized spacial score (nSPS) is 27.8. The fourth-order valence-corrected chi connectivity index (χ4v) is 11.1. The van der Waals surface area contributed by atoms with Crippen LogP contribution < -0.4 is 0 Å². The molecule has 6 unspecified atom stereocenters. The number of carbonyl (C=O) groups is 4. The van der Waals surface area contributed by atoms with Crippen molar-refractivity contribution in [1.29, 1.82) is 0 Å². The summed E-state index contributed by atoms with van der Waals surface area (Å²) < 4.78 is 80.0. The first-order valence-corrected chi connectivity index (χ1v) is 30.6. The van der Waals surface area contributed by atoms with E-state index in [4.69, 9.17) is 56.8 Å². The predicted octanol–water partition coefficient (Wildman–Crippen LogP) is 12.0. The van der Waals surface area contributed by atoms with Crippen LogP contribution in [0.3, 0.4) is 0 Å². The van der Waals surface area contributed by atoms with Gasteiger partial charge in [0, 0.05) is 24.7 Å². The Morgan fingerprint density at radius 1 is 0.554 bits per heavy atom. The lowest BCUT2D eigenvalue weighted by molar-refractivity contribution is -0.351. The van der Waals surface area contributed by atoms with Crippen LogP contribution in [0.2, 0.25) is 0 Å². The molecule has 2 aliphatic carbocycles. The second kappa shape index (κ2) is 35.1. The van der Waals surface area contributed by atoms with E-state index in [1.54, 1.807) is 91.0 Å². The first-order valence-electron chi connectivity index (χ1n) is 30.6. The molecule has 19 nitrogen and oxygen atoms in total. The Hall–Kier alpha value is -5.47. The van der Waals surface area contributed by atoms with Crippen molar-refractivity contribution in [2.45, 2.75) is 230 Å². The molecule has 83 heavy (non-hydrogen) atoms. The summed E-state index contributed by atoms with van der Waals surface area (Å²) in [5.41, 5.74) is 10.7. The van der Waals surface area contributed by atoms with Gasteiger partial charge in [-0.15, -0.1) is 0 Å². The van der Waals surface area contributed by atoms with E-state index < -0.39 is 116 Å². The lowest BCUT2D eigenvalue weighted by atomic mass is 9.85. The zero-order chi connectivity index (χ0) is 58.8. The average Bonchev–Trinajstić information content (AvgIpc) is 3.66. The molecule has 2 heterocycles. The fourth-order valence-electron chi connectivity index (χ4n) is 11.1. The molecule has 0 radical (unpaired) electrons. The summed E-state index contributed by atoms with van der Waals surface area (Å²) in [5.74, 6) is -2.85. The summed E-state index contributed by atoms with van der Waals surface area (Å²) in [6, 6.07) is 24.2. The van der Waals surface area contributed by atoms with E-state index in [0.717, 1.165) is 77.0 Å². The molecular weight excluding hydrogens is 1070 g/mol.